The Morgan fingerprint density at radius 2 is 1.89 bits per heavy atom. The topological polar surface area (TPSA) is 29.3 Å². The van der Waals surface area contributed by atoms with Crippen molar-refractivity contribution < 1.29 is 13.2 Å². The molecule has 1 heterocycles. The van der Waals surface area contributed by atoms with Gasteiger partial charge in [-0.1, -0.05) is 12.1 Å². The Kier molecular flexibility index (Phi) is 4.34. The molecule has 0 radical (unpaired) electrons. The fourth-order valence-corrected chi connectivity index (χ4v) is 2.50. The molecule has 0 aromatic heterocycles. The van der Waals surface area contributed by atoms with Gasteiger partial charge in [0.1, 0.15) is 0 Å². The number of anilines is 1. The summed E-state index contributed by atoms with van der Waals surface area (Å²) in [6.45, 7) is 1.58. The highest BCUT2D eigenvalue weighted by Crippen LogP contribution is 2.33. The van der Waals surface area contributed by atoms with E-state index in [1.54, 1.807) is 0 Å². The smallest absolute Gasteiger partial charge is 0.393 e. The normalized spacial score (nSPS) is 21.5. The van der Waals surface area contributed by atoms with Gasteiger partial charge in [0, 0.05) is 18.8 Å². The molecule has 0 amide bonds. The molecule has 1 unspecified atom stereocenters. The monoisotopic (exact) mass is 272 g/mol. The van der Waals surface area contributed by atoms with Crippen LogP contribution in [0.25, 0.3) is 0 Å². The number of piperidine rings is 1. The van der Waals surface area contributed by atoms with E-state index >= 15 is 0 Å². The summed E-state index contributed by atoms with van der Waals surface area (Å²) < 4.78 is 38.0. The first kappa shape index (κ1) is 14.2. The second-order valence-corrected chi connectivity index (χ2v) is 5.17. The number of hydrogen-bond acceptors (Lipinski definition) is 2. The Morgan fingerprint density at radius 3 is 2.53 bits per heavy atom. The van der Waals surface area contributed by atoms with Gasteiger partial charge in [0.15, 0.2) is 0 Å². The maximum Gasteiger partial charge on any atom is 0.393 e. The fourth-order valence-electron chi connectivity index (χ4n) is 2.50. The lowest BCUT2D eigenvalue weighted by atomic mass is 9.97. The zero-order valence-corrected chi connectivity index (χ0v) is 10.8. The van der Waals surface area contributed by atoms with Crippen molar-refractivity contribution in [1.29, 1.82) is 0 Å². The summed E-state index contributed by atoms with van der Waals surface area (Å²) in [6.07, 6.45) is -2.39. The van der Waals surface area contributed by atoms with Gasteiger partial charge in [-0.25, -0.2) is 0 Å². The molecule has 0 spiro atoms. The van der Waals surface area contributed by atoms with E-state index in [1.165, 1.54) is 0 Å². The zero-order valence-electron chi connectivity index (χ0n) is 10.8. The lowest BCUT2D eigenvalue weighted by Crippen LogP contribution is -2.42. The first-order valence-corrected chi connectivity index (χ1v) is 6.58. The summed E-state index contributed by atoms with van der Waals surface area (Å²) in [6, 6.07) is 7.51. The number of benzene rings is 1. The van der Waals surface area contributed by atoms with Crippen LogP contribution in [-0.2, 0) is 6.42 Å². The van der Waals surface area contributed by atoms with Crippen LogP contribution in [0.4, 0.5) is 18.9 Å². The van der Waals surface area contributed by atoms with E-state index in [1.807, 2.05) is 29.2 Å². The van der Waals surface area contributed by atoms with E-state index in [0.717, 1.165) is 18.5 Å². The second kappa shape index (κ2) is 5.82. The summed E-state index contributed by atoms with van der Waals surface area (Å²) in [7, 11) is 0. The molecule has 1 aliphatic heterocycles. The van der Waals surface area contributed by atoms with Crippen LogP contribution in [0.3, 0.4) is 0 Å². The molecule has 2 nitrogen and oxygen atoms in total. The van der Waals surface area contributed by atoms with Crippen LogP contribution in [0.1, 0.15) is 18.4 Å². The molecule has 106 valence electrons. The molecule has 2 rings (SSSR count). The van der Waals surface area contributed by atoms with Crippen molar-refractivity contribution in [2.75, 3.05) is 25.4 Å². The molecule has 1 aromatic carbocycles. The molecule has 2 N–H and O–H groups in total. The third-order valence-corrected chi connectivity index (χ3v) is 3.66. The third-order valence-electron chi connectivity index (χ3n) is 3.66. The Bertz CT molecular complexity index is 400. The molecule has 0 saturated carbocycles. The average molecular weight is 272 g/mol. The van der Waals surface area contributed by atoms with Crippen molar-refractivity contribution in [2.24, 2.45) is 5.92 Å². The van der Waals surface area contributed by atoms with Crippen molar-refractivity contribution in [3.63, 3.8) is 0 Å². The van der Waals surface area contributed by atoms with E-state index < -0.39 is 12.1 Å². The van der Waals surface area contributed by atoms with E-state index in [0.29, 0.717) is 18.7 Å². The van der Waals surface area contributed by atoms with Gasteiger partial charge >= 0.3 is 6.18 Å². The maximum absolute atomic E-state index is 12.7. The lowest BCUT2D eigenvalue weighted by molar-refractivity contribution is -0.186. The van der Waals surface area contributed by atoms with Gasteiger partial charge in [-0.3, -0.25) is 0 Å². The Hall–Kier alpha value is -1.23. The van der Waals surface area contributed by atoms with Crippen molar-refractivity contribution >= 4 is 5.69 Å². The standard InChI is InChI=1S/C14H19F3N2/c15-14(16,17)12-2-1-8-19(10-12)9-7-11-3-5-13(18)6-4-11/h3-6,12H,1-2,7-10,18H2. The van der Waals surface area contributed by atoms with Crippen molar-refractivity contribution in [3.8, 4) is 0 Å². The molecule has 5 heteroatoms. The highest BCUT2D eigenvalue weighted by Gasteiger charge is 2.41. The minimum absolute atomic E-state index is 0.137. The highest BCUT2D eigenvalue weighted by molar-refractivity contribution is 5.39. The van der Waals surface area contributed by atoms with Crippen LogP contribution in [0.5, 0.6) is 0 Å². The molecule has 1 fully saturated rings. The SMILES string of the molecule is Nc1ccc(CCN2CCCC(C(F)(F)F)C2)cc1. The van der Waals surface area contributed by atoms with Gasteiger partial charge in [-0.2, -0.15) is 13.2 Å². The minimum Gasteiger partial charge on any atom is -0.399 e. The molecular formula is C14H19F3N2. The van der Waals surface area contributed by atoms with Crippen LogP contribution < -0.4 is 5.73 Å². The molecule has 0 bridgehead atoms. The predicted octanol–water partition coefficient (Wildman–Crippen LogP) is 3.09. The molecule has 1 aliphatic rings. The molecular weight excluding hydrogens is 253 g/mol. The van der Waals surface area contributed by atoms with E-state index in [9.17, 15) is 13.2 Å². The summed E-state index contributed by atoms with van der Waals surface area (Å²) in [5.41, 5.74) is 7.42. The molecule has 1 saturated heterocycles. The predicted molar refractivity (Wildman–Crippen MR) is 69.8 cm³/mol. The maximum atomic E-state index is 12.7. The second-order valence-electron chi connectivity index (χ2n) is 5.17. The molecule has 1 aromatic rings. The van der Waals surface area contributed by atoms with Crippen LogP contribution in [0.15, 0.2) is 24.3 Å². The largest absolute Gasteiger partial charge is 0.399 e. The van der Waals surface area contributed by atoms with Gasteiger partial charge in [0.25, 0.3) is 0 Å². The van der Waals surface area contributed by atoms with Gasteiger partial charge in [-0.15, -0.1) is 0 Å². The van der Waals surface area contributed by atoms with Crippen molar-refractivity contribution in [2.45, 2.75) is 25.4 Å². The van der Waals surface area contributed by atoms with Crippen LogP contribution in [0, 0.1) is 5.92 Å². The number of halogens is 3. The van der Waals surface area contributed by atoms with Gasteiger partial charge < -0.3 is 10.6 Å². The molecule has 1 atom stereocenters. The van der Waals surface area contributed by atoms with E-state index in [4.69, 9.17) is 5.73 Å². The first-order chi connectivity index (χ1) is 8.95. The number of nitrogens with zero attached hydrogens (tertiary/aromatic N) is 1. The number of rotatable bonds is 3. The van der Waals surface area contributed by atoms with Gasteiger partial charge in [0.2, 0.25) is 0 Å². The van der Waals surface area contributed by atoms with Crippen molar-refractivity contribution in [3.05, 3.63) is 29.8 Å². The number of alkyl halides is 3. The minimum atomic E-state index is -4.06. The quantitative estimate of drug-likeness (QED) is 0.857. The third kappa shape index (κ3) is 4.13. The van der Waals surface area contributed by atoms with E-state index in [2.05, 4.69) is 0 Å². The van der Waals surface area contributed by atoms with Gasteiger partial charge in [-0.05, 0) is 43.5 Å². The Balaban J connectivity index is 1.84. The summed E-state index contributed by atoms with van der Waals surface area (Å²) in [5.74, 6) is -1.16. The fraction of sp³-hybridized carbons (Fsp3) is 0.571. The summed E-state index contributed by atoms with van der Waals surface area (Å²) in [4.78, 5) is 1.91. The highest BCUT2D eigenvalue weighted by atomic mass is 19.4. The average Bonchev–Trinajstić information content (AvgIpc) is 2.37. The number of likely N-dealkylation sites (tertiary alicyclic amines) is 1. The van der Waals surface area contributed by atoms with Gasteiger partial charge in [0.05, 0.1) is 5.92 Å². The first-order valence-electron chi connectivity index (χ1n) is 6.58. The Labute approximate surface area is 111 Å². The Morgan fingerprint density at radius 1 is 1.21 bits per heavy atom. The lowest BCUT2D eigenvalue weighted by Gasteiger charge is -2.33. The number of hydrogen-bond donors (Lipinski definition) is 1. The van der Waals surface area contributed by atoms with E-state index in [-0.39, 0.29) is 13.0 Å². The zero-order chi connectivity index (χ0) is 13.9. The van der Waals surface area contributed by atoms with Crippen LogP contribution in [0.2, 0.25) is 0 Å². The molecule has 0 aliphatic carbocycles. The summed E-state index contributed by atoms with van der Waals surface area (Å²) >= 11 is 0. The molecule has 19 heavy (non-hydrogen) atoms. The van der Waals surface area contributed by atoms with Crippen LogP contribution in [-0.4, -0.2) is 30.7 Å². The number of nitrogen functional groups attached to an aromatic ring is 1. The van der Waals surface area contributed by atoms with Crippen LogP contribution >= 0.6 is 0 Å². The van der Waals surface area contributed by atoms with Crippen molar-refractivity contribution in [1.82, 2.24) is 4.90 Å². The summed E-state index contributed by atoms with van der Waals surface area (Å²) in [5, 5.41) is 0. The number of nitrogens with two attached hydrogens (primary N) is 1.